The highest BCUT2D eigenvalue weighted by molar-refractivity contribution is 7.86. The molecule has 24 nitrogen and oxygen atoms in total. The van der Waals surface area contributed by atoms with E-state index >= 15 is 0 Å². The lowest BCUT2D eigenvalue weighted by Crippen LogP contribution is -2.66. The molecule has 1 aromatic carbocycles. The average Bonchev–Trinajstić information content (AvgIpc) is 3.31. The molecular formula is C44H86F11NO23S5-4. The van der Waals surface area contributed by atoms with Gasteiger partial charge in [-0.3, -0.25) is 0 Å². The van der Waals surface area contributed by atoms with Gasteiger partial charge in [-0.15, -0.1) is 0 Å². The average molecular weight is 1370 g/mol. The molecule has 0 spiro atoms. The van der Waals surface area contributed by atoms with Crippen LogP contribution in [-0.2, 0) is 90.4 Å². The monoisotopic (exact) mass is 1370 g/mol. The Hall–Kier alpha value is -2.36. The molecule has 0 bridgehead atoms. The van der Waals surface area contributed by atoms with Crippen LogP contribution in [0.25, 0.3) is 0 Å². The molecule has 40 heteroatoms. The highest BCUT2D eigenvalue weighted by atomic mass is 32.2. The van der Waals surface area contributed by atoms with Gasteiger partial charge in [0.25, 0.3) is 0 Å². The number of aliphatic hydroxyl groups is 1. The predicted molar refractivity (Wildman–Crippen MR) is 282 cm³/mol. The van der Waals surface area contributed by atoms with E-state index in [1.807, 2.05) is 30.3 Å². The van der Waals surface area contributed by atoms with Crippen LogP contribution in [0.3, 0.4) is 0 Å². The van der Waals surface area contributed by atoms with Gasteiger partial charge in [0.1, 0.15) is 22.6 Å². The Morgan fingerprint density at radius 2 is 0.810 bits per heavy atom. The second-order valence-electron chi connectivity index (χ2n) is 16.6. The van der Waals surface area contributed by atoms with E-state index in [1.165, 1.54) is 18.4 Å². The number of rotatable bonds is 27. The molecule has 0 aliphatic rings. The van der Waals surface area contributed by atoms with Gasteiger partial charge in [-0.25, -0.2) is 42.1 Å². The van der Waals surface area contributed by atoms with Crippen LogP contribution in [0.15, 0.2) is 30.3 Å². The third-order valence-corrected chi connectivity index (χ3v) is 11.5. The number of quaternary nitrogens is 1. The van der Waals surface area contributed by atoms with Gasteiger partial charge in [0.05, 0.1) is 101 Å². The minimum Gasteiger partial charge on any atom is -0.748 e. The Morgan fingerprint density at radius 3 is 0.988 bits per heavy atom. The van der Waals surface area contributed by atoms with Crippen LogP contribution in [0.1, 0.15) is 78.7 Å². The molecular weight excluding hydrogens is 1280 g/mol. The van der Waals surface area contributed by atoms with Gasteiger partial charge in [-0.05, 0) is 37.7 Å². The minimum atomic E-state index is -7.41. The van der Waals surface area contributed by atoms with Crippen LogP contribution in [0.2, 0.25) is 0 Å². The van der Waals surface area contributed by atoms with Crippen LogP contribution >= 0.6 is 0 Å². The maximum Gasteiger partial charge on any atom is 0.460 e. The second-order valence-corrected chi connectivity index (χ2v) is 24.0. The maximum absolute atomic E-state index is 12.4. The number of benzene rings is 1. The quantitative estimate of drug-likeness (QED) is 0.0467. The molecule has 0 saturated carbocycles. The van der Waals surface area contributed by atoms with Crippen LogP contribution < -0.4 is 0 Å². The summed E-state index contributed by atoms with van der Waals surface area (Å²) in [5.74, 6) is -23.6. The van der Waals surface area contributed by atoms with Crippen molar-refractivity contribution >= 4 is 50.6 Å². The topological polar surface area (TPSA) is 371 Å². The molecule has 1 rings (SSSR count). The van der Waals surface area contributed by atoms with Crippen LogP contribution in [0, 0.1) is 0 Å². The van der Waals surface area contributed by atoms with Crippen LogP contribution in [0.4, 0.5) is 48.3 Å². The third kappa shape index (κ3) is 75.7. The molecule has 1 N–H and O–H groups in total. The summed E-state index contributed by atoms with van der Waals surface area (Å²) in [5, 5.41) is 8.20. The smallest absolute Gasteiger partial charge is 0.460 e. The number of hydrogen-bond acceptors (Lipinski definition) is 23. The van der Waals surface area contributed by atoms with Crippen molar-refractivity contribution in [1.29, 1.82) is 0 Å². The highest BCUT2D eigenvalue weighted by Gasteiger charge is 2.87. The lowest BCUT2D eigenvalue weighted by molar-refractivity contribution is -0.870. The predicted octanol–water partition coefficient (Wildman–Crippen LogP) is 5.84. The van der Waals surface area contributed by atoms with Crippen LogP contribution in [-0.4, -0.2) is 243 Å². The van der Waals surface area contributed by atoms with Gasteiger partial charge in [0.15, 0.2) is 0 Å². The molecule has 0 atom stereocenters. The van der Waals surface area contributed by atoms with E-state index < -0.39 is 86.6 Å². The Bertz CT molecular complexity index is 2010. The van der Waals surface area contributed by atoms with Crippen molar-refractivity contribution in [2.45, 2.75) is 110 Å². The number of methoxy groups -OCH3 is 6. The molecule has 0 aliphatic carbocycles. The Balaban J connectivity index is -0.000000109. The molecule has 516 valence electrons. The zero-order valence-electron chi connectivity index (χ0n) is 49.4. The van der Waals surface area contributed by atoms with E-state index in [9.17, 15) is 113 Å². The van der Waals surface area contributed by atoms with Gasteiger partial charge in [0, 0.05) is 72.3 Å². The Kier molecular flexibility index (Phi) is 64.3. The van der Waals surface area contributed by atoms with Gasteiger partial charge < -0.3 is 65.5 Å². The van der Waals surface area contributed by atoms with Gasteiger partial charge in [-0.2, -0.15) is 48.3 Å². The molecule has 0 unspecified atom stereocenters. The Labute approximate surface area is 489 Å². The molecule has 0 fully saturated rings. The van der Waals surface area contributed by atoms with E-state index in [2.05, 4.69) is 42.3 Å². The van der Waals surface area contributed by atoms with E-state index in [4.69, 9.17) is 24.1 Å². The summed E-state index contributed by atoms with van der Waals surface area (Å²) in [7, 11) is -5.73. The number of nitrogens with zero attached hydrogens (tertiary/aromatic N) is 1. The fourth-order valence-electron chi connectivity index (χ4n) is 3.53. The number of alkyl halides is 11. The first-order valence-electron chi connectivity index (χ1n) is 24.0. The Morgan fingerprint density at radius 1 is 0.452 bits per heavy atom. The number of hydrogen-bond donors (Lipinski definition) is 1. The number of halogens is 11. The largest absolute Gasteiger partial charge is 0.748 e. The summed E-state index contributed by atoms with van der Waals surface area (Å²) >= 11 is 0. The summed E-state index contributed by atoms with van der Waals surface area (Å²) < 4.78 is 309. The lowest BCUT2D eigenvalue weighted by atomic mass is 10.0. The van der Waals surface area contributed by atoms with Crippen molar-refractivity contribution in [2.24, 2.45) is 0 Å². The number of unbranched alkanes of at least 4 members (excludes halogenated alkanes) is 1. The van der Waals surface area contributed by atoms with Crippen molar-refractivity contribution in [2.75, 3.05) is 139 Å². The fraction of sp³-hybridized carbons (Fsp3) is 0.864. The first kappa shape index (κ1) is 101. The van der Waals surface area contributed by atoms with E-state index in [1.54, 1.807) is 56.1 Å². The number of ether oxygens (including phenoxy) is 7. The first-order valence-corrected chi connectivity index (χ1v) is 31.9. The van der Waals surface area contributed by atoms with E-state index in [0.717, 1.165) is 31.4 Å². The third-order valence-electron chi connectivity index (χ3n) is 7.33. The SMILES string of the molecule is CCCCOC.CCCS(=O)(=O)[O-].CCCS(=O)(=O)[O-].CCCS(=O)(=O)[O-].CCCS(=O)(=O)[O-].COC(F)(F)C(F)(F)C(F)(F)C(F)(F)C(F)(F)F.COCCOCCO.COCC[N+](C)(C)C.COCS(=O)(=O)[O-].COCc1ccccc1. The molecule has 0 aliphatic heterocycles. The molecule has 84 heavy (non-hydrogen) atoms. The maximum atomic E-state index is 12.4. The standard InChI is InChI=1S/C8H10O.C6H3F11O.C6H16NO.C5H12O3.C5H12O.4C3H8O3S.C2H6O4S/c1-9-7-8-5-3-2-4-6-8;1-18-6(16,17)4(11,12)2(7,8)3(9,10)5(13,14)15;1-7(2,3)5-6-8-4;1-7-4-5-8-3-2-6;1-3-4-5-6-2;4*1-2-3-7(4,5)6;1-6-2-7(3,4)5/h2-6H,7H2,1H3;1H3;5-6H2,1-4H3;6H,2-5H2,1H3;3-5H2,1-2H3;4*2-3H2,1H3,(H,4,5,6);2H2,1H3,(H,3,4,5)/q;;+1;;;;;;;/p-5. The van der Waals surface area contributed by atoms with E-state index in [-0.39, 0.29) is 36.7 Å². The summed E-state index contributed by atoms with van der Waals surface area (Å²) in [6, 6.07) is 10.1. The van der Waals surface area contributed by atoms with Gasteiger partial charge in [-0.1, -0.05) is 71.4 Å². The number of aliphatic hydroxyl groups excluding tert-OH is 1. The summed E-state index contributed by atoms with van der Waals surface area (Å²) in [6.07, 6.45) is -9.31. The molecule has 1 aromatic rings. The summed E-state index contributed by atoms with van der Waals surface area (Å²) in [4.78, 5) is 0. The molecule has 0 amide bonds. The van der Waals surface area contributed by atoms with Crippen molar-refractivity contribution < 1.29 is 156 Å². The second kappa shape index (κ2) is 53.6. The summed E-state index contributed by atoms with van der Waals surface area (Å²) in [5.41, 5.74) is 1.22. The highest BCUT2D eigenvalue weighted by Crippen LogP contribution is 2.57. The minimum absolute atomic E-state index is 0.0870. The molecule has 0 aromatic heterocycles. The van der Waals surface area contributed by atoms with E-state index in [0.29, 0.717) is 52.1 Å². The zero-order valence-corrected chi connectivity index (χ0v) is 53.5. The van der Waals surface area contributed by atoms with Gasteiger partial charge in [0.2, 0.25) is 0 Å². The van der Waals surface area contributed by atoms with Crippen molar-refractivity contribution in [3.8, 4) is 0 Å². The van der Waals surface area contributed by atoms with Crippen LogP contribution in [0.5, 0.6) is 0 Å². The lowest BCUT2D eigenvalue weighted by Gasteiger charge is -2.36. The van der Waals surface area contributed by atoms with Crippen molar-refractivity contribution in [1.82, 2.24) is 0 Å². The fourth-order valence-corrected chi connectivity index (χ4v) is 5.82. The van der Waals surface area contributed by atoms with Crippen molar-refractivity contribution in [3.05, 3.63) is 35.9 Å². The number of likely N-dealkylation sites (N-methyl/N-ethyl adjacent to an activating group) is 1. The first-order chi connectivity index (χ1) is 37.7. The zero-order chi connectivity index (χ0) is 69.0. The molecule has 0 saturated heterocycles. The van der Waals surface area contributed by atoms with Gasteiger partial charge >= 0.3 is 30.1 Å². The van der Waals surface area contributed by atoms with Crippen molar-refractivity contribution in [3.63, 3.8) is 0 Å². The molecule has 0 radical (unpaired) electrons. The molecule has 0 heterocycles. The normalized spacial score (nSPS) is 12.0. The summed E-state index contributed by atoms with van der Waals surface area (Å²) in [6.45, 7) is 14.0.